The molecule has 0 fully saturated rings. The van der Waals surface area contributed by atoms with Crippen LogP contribution in [0, 0.1) is 27.6 Å². The van der Waals surface area contributed by atoms with Crippen LogP contribution in [0.15, 0.2) is 30.3 Å². The van der Waals surface area contributed by atoms with Crippen LogP contribution in [0.25, 0.3) is 0 Å². The molecule has 0 bridgehead atoms. The number of non-ortho nitro benzene ring substituents is 1. The molecule has 1 N–H and O–H groups in total. The Morgan fingerprint density at radius 2 is 1.96 bits per heavy atom. The van der Waals surface area contributed by atoms with E-state index in [-0.39, 0.29) is 23.7 Å². The lowest BCUT2D eigenvalue weighted by molar-refractivity contribution is -0.384. The van der Waals surface area contributed by atoms with Gasteiger partial charge < -0.3 is 15.0 Å². The maximum absolute atomic E-state index is 13.6. The molecule has 0 aromatic heterocycles. The predicted molar refractivity (Wildman–Crippen MR) is 85.9 cm³/mol. The average molecular weight is 381 g/mol. The van der Waals surface area contributed by atoms with Crippen LogP contribution >= 0.6 is 0 Å². The number of fused-ring (bicyclic) bond motifs is 1. The van der Waals surface area contributed by atoms with Gasteiger partial charge in [-0.2, -0.15) is 0 Å². The number of carbonyl (C=O) groups excluding carboxylic acids is 2. The Balaban J connectivity index is 1.80. The highest BCUT2D eigenvalue weighted by atomic mass is 19.2. The molecule has 1 amide bonds. The summed E-state index contributed by atoms with van der Waals surface area (Å²) in [5.41, 5.74) is -0.639. The van der Waals surface area contributed by atoms with Gasteiger partial charge in [0.25, 0.3) is 5.69 Å². The van der Waals surface area contributed by atoms with Crippen molar-refractivity contribution < 1.29 is 32.4 Å². The van der Waals surface area contributed by atoms with Crippen molar-refractivity contribution in [3.8, 4) is 5.75 Å². The summed E-state index contributed by atoms with van der Waals surface area (Å²) in [5, 5.41) is 12.9. The third-order valence-electron chi connectivity index (χ3n) is 3.68. The third-order valence-corrected chi connectivity index (χ3v) is 3.68. The maximum Gasteiger partial charge on any atom is 0.331 e. The van der Waals surface area contributed by atoms with Crippen molar-refractivity contribution in [3.05, 3.63) is 57.9 Å². The third kappa shape index (κ3) is 3.66. The Kier molecular flexibility index (Phi) is 4.67. The molecule has 27 heavy (non-hydrogen) atoms. The van der Waals surface area contributed by atoms with Crippen molar-refractivity contribution in [3.63, 3.8) is 0 Å². The summed E-state index contributed by atoms with van der Waals surface area (Å²) in [6.07, 6.45) is 0. The van der Waals surface area contributed by atoms with Gasteiger partial charge in [0.15, 0.2) is 23.2 Å². The van der Waals surface area contributed by atoms with Crippen LogP contribution in [0.1, 0.15) is 0 Å². The second-order valence-electron chi connectivity index (χ2n) is 5.51. The summed E-state index contributed by atoms with van der Waals surface area (Å²) < 4.78 is 44.7. The Bertz CT molecular complexity index is 967. The first-order valence-corrected chi connectivity index (χ1v) is 7.43. The van der Waals surface area contributed by atoms with Crippen molar-refractivity contribution in [1.82, 2.24) is 0 Å². The van der Waals surface area contributed by atoms with Crippen LogP contribution < -0.4 is 15.0 Å². The van der Waals surface area contributed by atoms with Crippen LogP contribution in [0.5, 0.6) is 5.75 Å². The van der Waals surface area contributed by atoms with E-state index in [2.05, 4.69) is 5.32 Å². The van der Waals surface area contributed by atoms with Gasteiger partial charge in [-0.25, -0.2) is 18.0 Å². The molecular formula is C16H10F3N3O5. The zero-order valence-electron chi connectivity index (χ0n) is 13.4. The molecule has 2 aromatic rings. The highest BCUT2D eigenvalue weighted by Gasteiger charge is 2.28. The second-order valence-corrected chi connectivity index (χ2v) is 5.51. The lowest BCUT2D eigenvalue weighted by atomic mass is 10.2. The van der Waals surface area contributed by atoms with Crippen LogP contribution in [0.3, 0.4) is 0 Å². The van der Waals surface area contributed by atoms with Crippen molar-refractivity contribution in [1.29, 1.82) is 0 Å². The summed E-state index contributed by atoms with van der Waals surface area (Å²) in [6.45, 7) is -0.795. The first-order chi connectivity index (χ1) is 12.8. The number of hydrogen-bond acceptors (Lipinski definition) is 6. The molecule has 0 spiro atoms. The molecule has 0 saturated carbocycles. The number of carbonyl (C=O) groups is 2. The fourth-order valence-corrected chi connectivity index (χ4v) is 2.48. The van der Waals surface area contributed by atoms with E-state index in [1.54, 1.807) is 0 Å². The van der Waals surface area contributed by atoms with Crippen LogP contribution in [-0.2, 0) is 9.59 Å². The van der Waals surface area contributed by atoms with Crippen LogP contribution in [-0.4, -0.2) is 29.9 Å². The highest BCUT2D eigenvalue weighted by molar-refractivity contribution is 5.96. The molecule has 0 unspecified atom stereocenters. The monoisotopic (exact) mass is 381 g/mol. The minimum Gasteiger partial charge on any atom is -0.423 e. The number of hydrogen-bond donors (Lipinski definition) is 1. The molecule has 1 heterocycles. The number of nitro groups is 1. The molecule has 0 aliphatic carbocycles. The van der Waals surface area contributed by atoms with Gasteiger partial charge in [-0.1, -0.05) is 0 Å². The van der Waals surface area contributed by atoms with Gasteiger partial charge >= 0.3 is 5.97 Å². The van der Waals surface area contributed by atoms with Gasteiger partial charge in [-0.15, -0.1) is 0 Å². The van der Waals surface area contributed by atoms with Crippen molar-refractivity contribution in [2.24, 2.45) is 0 Å². The minimum atomic E-state index is -1.73. The molecule has 8 nitrogen and oxygen atoms in total. The second kappa shape index (κ2) is 6.94. The van der Waals surface area contributed by atoms with Crippen molar-refractivity contribution in [2.75, 3.05) is 23.3 Å². The van der Waals surface area contributed by atoms with Gasteiger partial charge in [-0.3, -0.25) is 14.9 Å². The molecule has 11 heteroatoms. The van der Waals surface area contributed by atoms with Gasteiger partial charge in [0, 0.05) is 6.07 Å². The Labute approximate surface area is 149 Å². The van der Waals surface area contributed by atoms with Crippen LogP contribution in [0.4, 0.5) is 30.2 Å². The molecule has 2 aromatic carbocycles. The van der Waals surface area contributed by atoms with Crippen LogP contribution in [0.2, 0.25) is 0 Å². The number of halogens is 3. The average Bonchev–Trinajstić information content (AvgIpc) is 2.61. The predicted octanol–water partition coefficient (Wildman–Crippen LogP) is 2.38. The van der Waals surface area contributed by atoms with E-state index in [9.17, 15) is 32.9 Å². The smallest absolute Gasteiger partial charge is 0.331 e. The molecule has 3 rings (SSSR count). The molecule has 1 aliphatic heterocycles. The van der Waals surface area contributed by atoms with E-state index in [4.69, 9.17) is 4.74 Å². The molecule has 0 atom stereocenters. The van der Waals surface area contributed by atoms with Gasteiger partial charge in [0.05, 0.1) is 28.9 Å². The van der Waals surface area contributed by atoms with E-state index < -0.39 is 46.5 Å². The number of nitrogens with one attached hydrogen (secondary N) is 1. The zero-order valence-corrected chi connectivity index (χ0v) is 13.4. The largest absolute Gasteiger partial charge is 0.423 e. The van der Waals surface area contributed by atoms with Gasteiger partial charge in [-0.05, 0) is 18.2 Å². The quantitative estimate of drug-likeness (QED) is 0.287. The van der Waals surface area contributed by atoms with E-state index in [0.717, 1.165) is 18.2 Å². The molecule has 0 radical (unpaired) electrons. The topological polar surface area (TPSA) is 102 Å². The minimum absolute atomic E-state index is 0.104. The van der Waals surface area contributed by atoms with Crippen molar-refractivity contribution in [2.45, 2.75) is 0 Å². The first-order valence-electron chi connectivity index (χ1n) is 7.43. The number of nitrogens with zero attached hydrogens (tertiary/aromatic N) is 2. The number of benzene rings is 2. The Morgan fingerprint density at radius 3 is 2.67 bits per heavy atom. The number of nitro benzene ring substituents is 1. The summed E-state index contributed by atoms with van der Waals surface area (Å²) in [7, 11) is 0. The molecule has 0 saturated heterocycles. The lowest BCUT2D eigenvalue weighted by Gasteiger charge is -2.29. The standard InChI is InChI=1S/C16H10F3N3O5/c17-9-2-3-10(16(19)15(9)18)20-13(23)6-21-7-14(24)27-12-5-8(22(25)26)1-4-11(12)21/h1-5H,6-7H2,(H,20,23). The summed E-state index contributed by atoms with van der Waals surface area (Å²) in [4.78, 5) is 35.2. The molecule has 1 aliphatic rings. The fourth-order valence-electron chi connectivity index (χ4n) is 2.48. The highest BCUT2D eigenvalue weighted by Crippen LogP contribution is 2.35. The number of amides is 1. The lowest BCUT2D eigenvalue weighted by Crippen LogP contribution is -2.41. The summed E-state index contributed by atoms with van der Waals surface area (Å²) in [5.74, 6) is -6.37. The zero-order chi connectivity index (χ0) is 19.7. The van der Waals surface area contributed by atoms with E-state index in [1.165, 1.54) is 11.0 Å². The summed E-state index contributed by atoms with van der Waals surface area (Å²) in [6, 6.07) is 5.00. The summed E-state index contributed by atoms with van der Waals surface area (Å²) >= 11 is 0. The van der Waals surface area contributed by atoms with Gasteiger partial charge in [0.1, 0.15) is 6.54 Å². The van der Waals surface area contributed by atoms with E-state index in [0.29, 0.717) is 6.07 Å². The number of anilines is 2. The maximum atomic E-state index is 13.6. The number of rotatable bonds is 4. The first kappa shape index (κ1) is 18.2. The van der Waals surface area contributed by atoms with Crippen molar-refractivity contribution >= 4 is 28.9 Å². The molecule has 140 valence electrons. The molecular weight excluding hydrogens is 371 g/mol. The van der Waals surface area contributed by atoms with E-state index >= 15 is 0 Å². The fraction of sp³-hybridized carbons (Fsp3) is 0.125. The number of ether oxygens (including phenoxy) is 1. The van der Waals surface area contributed by atoms with E-state index in [1.807, 2.05) is 0 Å². The Morgan fingerprint density at radius 1 is 1.22 bits per heavy atom. The van der Waals surface area contributed by atoms with Gasteiger partial charge in [0.2, 0.25) is 5.91 Å². The number of esters is 1. The normalized spacial score (nSPS) is 13.0. The SMILES string of the molecule is O=C(CN1CC(=O)Oc2cc([N+](=O)[O-])ccc21)Nc1ccc(F)c(F)c1F. The Hall–Kier alpha value is -3.63.